The van der Waals surface area contributed by atoms with Gasteiger partial charge in [-0.1, -0.05) is 18.2 Å². The summed E-state index contributed by atoms with van der Waals surface area (Å²) in [4.78, 5) is 21.2. The maximum Gasteiger partial charge on any atom is 0.225 e. The van der Waals surface area contributed by atoms with E-state index in [9.17, 15) is 0 Å². The maximum atomic E-state index is 4.35. The Balaban J connectivity index is 0.00000289. The summed E-state index contributed by atoms with van der Waals surface area (Å²) in [5.74, 6) is 1.71. The van der Waals surface area contributed by atoms with Crippen LogP contribution in [0.25, 0.3) is 10.9 Å². The van der Waals surface area contributed by atoms with Crippen LogP contribution >= 0.6 is 24.0 Å². The molecule has 1 aromatic carbocycles. The molecule has 0 atom stereocenters. The van der Waals surface area contributed by atoms with Crippen molar-refractivity contribution in [2.45, 2.75) is 12.8 Å². The molecule has 0 spiro atoms. The molecule has 172 valence electrons. The number of aromatic nitrogens is 3. The van der Waals surface area contributed by atoms with E-state index in [-0.39, 0.29) is 24.0 Å². The summed E-state index contributed by atoms with van der Waals surface area (Å²) in [6.45, 7) is 6.91. The van der Waals surface area contributed by atoms with Gasteiger partial charge in [-0.3, -0.25) is 9.89 Å². The van der Waals surface area contributed by atoms with E-state index in [1.165, 1.54) is 16.5 Å². The summed E-state index contributed by atoms with van der Waals surface area (Å²) in [5, 5.41) is 8.16. The lowest BCUT2D eigenvalue weighted by Crippen LogP contribution is -2.47. The quantitative estimate of drug-likeness (QED) is 0.174. The standard InChI is InChI=1S/C23H32N8.HI/c1-24-22(26-12-8-19-18-29-21-7-3-2-6-20(19)21)25-11-5-13-30-14-16-31(17-15-30)23-27-9-4-10-28-23;/h2-4,6-7,9-10,18,29H,5,8,11-17H2,1H3,(H2,24,25,26);1H. The number of nitrogens with one attached hydrogen (secondary N) is 3. The third-order valence-electron chi connectivity index (χ3n) is 5.74. The molecular weight excluding hydrogens is 515 g/mol. The molecule has 2 aromatic heterocycles. The van der Waals surface area contributed by atoms with Crippen LogP contribution in [0.2, 0.25) is 0 Å². The van der Waals surface area contributed by atoms with Crippen LogP contribution in [0.4, 0.5) is 5.95 Å². The van der Waals surface area contributed by atoms with Gasteiger partial charge in [-0.05, 0) is 37.1 Å². The fourth-order valence-electron chi connectivity index (χ4n) is 4.01. The minimum absolute atomic E-state index is 0. The number of aromatic amines is 1. The van der Waals surface area contributed by atoms with Gasteiger partial charge < -0.3 is 20.5 Å². The van der Waals surface area contributed by atoms with Crippen molar-refractivity contribution >= 4 is 46.8 Å². The lowest BCUT2D eigenvalue weighted by Gasteiger charge is -2.34. The number of guanidine groups is 1. The highest BCUT2D eigenvalue weighted by Gasteiger charge is 2.18. The number of hydrogen-bond acceptors (Lipinski definition) is 5. The van der Waals surface area contributed by atoms with Crippen molar-refractivity contribution in [2.75, 3.05) is 57.8 Å². The van der Waals surface area contributed by atoms with Gasteiger partial charge >= 0.3 is 0 Å². The van der Waals surface area contributed by atoms with Crippen LogP contribution in [0.15, 0.2) is 53.9 Å². The molecule has 3 heterocycles. The third-order valence-corrected chi connectivity index (χ3v) is 5.74. The second-order valence-corrected chi connectivity index (χ2v) is 7.77. The zero-order chi connectivity index (χ0) is 21.3. The van der Waals surface area contributed by atoms with Gasteiger partial charge in [0, 0.05) is 75.8 Å². The first kappa shape index (κ1) is 24.2. The normalized spacial score (nSPS) is 14.9. The summed E-state index contributed by atoms with van der Waals surface area (Å²) < 4.78 is 0. The highest BCUT2D eigenvalue weighted by atomic mass is 127. The molecule has 1 aliphatic heterocycles. The Labute approximate surface area is 206 Å². The van der Waals surface area contributed by atoms with Crippen LogP contribution in [-0.2, 0) is 6.42 Å². The topological polar surface area (TPSA) is 84.5 Å². The van der Waals surface area contributed by atoms with Gasteiger partial charge in [0.2, 0.25) is 5.95 Å². The highest BCUT2D eigenvalue weighted by Crippen LogP contribution is 2.17. The lowest BCUT2D eigenvalue weighted by molar-refractivity contribution is 0.254. The van der Waals surface area contributed by atoms with E-state index in [1.807, 2.05) is 25.5 Å². The second-order valence-electron chi connectivity index (χ2n) is 7.77. The Morgan fingerprint density at radius 1 is 1.03 bits per heavy atom. The van der Waals surface area contributed by atoms with Crippen LogP contribution in [0.5, 0.6) is 0 Å². The second kappa shape index (κ2) is 12.6. The largest absolute Gasteiger partial charge is 0.361 e. The molecule has 0 unspecified atom stereocenters. The van der Waals surface area contributed by atoms with E-state index in [0.717, 1.165) is 70.6 Å². The summed E-state index contributed by atoms with van der Waals surface area (Å²) >= 11 is 0. The van der Waals surface area contributed by atoms with E-state index in [1.54, 1.807) is 0 Å². The molecular formula is C23H33IN8. The minimum atomic E-state index is 0. The smallest absolute Gasteiger partial charge is 0.225 e. The first-order valence-electron chi connectivity index (χ1n) is 11.1. The van der Waals surface area contributed by atoms with Crippen molar-refractivity contribution in [2.24, 2.45) is 4.99 Å². The number of halogens is 1. The predicted molar refractivity (Wildman–Crippen MR) is 142 cm³/mol. The molecule has 1 aliphatic rings. The van der Waals surface area contributed by atoms with Crippen molar-refractivity contribution in [3.05, 3.63) is 54.5 Å². The summed E-state index contributed by atoms with van der Waals surface area (Å²) in [5.41, 5.74) is 2.52. The average molecular weight is 548 g/mol. The van der Waals surface area contributed by atoms with Gasteiger partial charge in [-0.2, -0.15) is 0 Å². The van der Waals surface area contributed by atoms with Crippen LogP contribution in [0.1, 0.15) is 12.0 Å². The van der Waals surface area contributed by atoms with Gasteiger partial charge in [0.05, 0.1) is 0 Å². The Morgan fingerprint density at radius 2 is 1.78 bits per heavy atom. The lowest BCUT2D eigenvalue weighted by atomic mass is 10.1. The molecule has 3 aromatic rings. The molecule has 0 bridgehead atoms. The van der Waals surface area contributed by atoms with Crippen molar-refractivity contribution in [3.63, 3.8) is 0 Å². The Bertz CT molecular complexity index is 966. The van der Waals surface area contributed by atoms with Crippen LogP contribution < -0.4 is 15.5 Å². The third kappa shape index (κ3) is 6.55. The maximum absolute atomic E-state index is 4.35. The van der Waals surface area contributed by atoms with Gasteiger partial charge in [-0.15, -0.1) is 24.0 Å². The van der Waals surface area contributed by atoms with Crippen molar-refractivity contribution in [1.29, 1.82) is 0 Å². The fourth-order valence-corrected chi connectivity index (χ4v) is 4.01. The van der Waals surface area contributed by atoms with Crippen LogP contribution in [-0.4, -0.2) is 78.7 Å². The van der Waals surface area contributed by atoms with E-state index >= 15 is 0 Å². The minimum Gasteiger partial charge on any atom is -0.361 e. The average Bonchev–Trinajstić information content (AvgIpc) is 3.24. The molecule has 1 fully saturated rings. The number of anilines is 1. The number of nitrogens with zero attached hydrogens (tertiary/aromatic N) is 5. The molecule has 3 N–H and O–H groups in total. The van der Waals surface area contributed by atoms with Gasteiger partial charge in [0.25, 0.3) is 0 Å². The number of fused-ring (bicyclic) bond motifs is 1. The number of H-pyrrole nitrogens is 1. The Hall–Kier alpha value is -2.40. The van der Waals surface area contributed by atoms with Crippen molar-refractivity contribution in [1.82, 2.24) is 30.5 Å². The SMILES string of the molecule is CN=C(NCCCN1CCN(c2ncccn2)CC1)NCCc1c[nH]c2ccccc12.I. The van der Waals surface area contributed by atoms with Crippen LogP contribution in [0, 0.1) is 0 Å². The Kier molecular flexibility index (Phi) is 9.54. The number of benzene rings is 1. The molecule has 0 radical (unpaired) electrons. The molecule has 0 aliphatic carbocycles. The first-order valence-corrected chi connectivity index (χ1v) is 11.1. The van der Waals surface area contributed by atoms with E-state index in [4.69, 9.17) is 0 Å². The summed E-state index contributed by atoms with van der Waals surface area (Å²) in [6.07, 6.45) is 7.76. The van der Waals surface area contributed by atoms with E-state index < -0.39 is 0 Å². The van der Waals surface area contributed by atoms with E-state index in [2.05, 4.69) is 70.8 Å². The summed E-state index contributed by atoms with van der Waals surface area (Å²) in [6, 6.07) is 10.3. The van der Waals surface area contributed by atoms with E-state index in [0.29, 0.717) is 0 Å². The molecule has 9 heteroatoms. The number of rotatable bonds is 8. The molecule has 4 rings (SSSR count). The fraction of sp³-hybridized carbons (Fsp3) is 0.435. The van der Waals surface area contributed by atoms with Crippen molar-refractivity contribution in [3.8, 4) is 0 Å². The zero-order valence-corrected chi connectivity index (χ0v) is 21.0. The number of para-hydroxylation sites is 1. The molecule has 1 saturated heterocycles. The van der Waals surface area contributed by atoms with Gasteiger partial charge in [0.1, 0.15) is 0 Å². The summed E-state index contributed by atoms with van der Waals surface area (Å²) in [7, 11) is 1.83. The molecule has 0 saturated carbocycles. The van der Waals surface area contributed by atoms with Crippen LogP contribution in [0.3, 0.4) is 0 Å². The molecule has 32 heavy (non-hydrogen) atoms. The molecule has 8 nitrogen and oxygen atoms in total. The monoisotopic (exact) mass is 548 g/mol. The molecule has 0 amide bonds. The Morgan fingerprint density at radius 3 is 2.56 bits per heavy atom. The first-order chi connectivity index (χ1) is 15.3. The number of piperazine rings is 1. The number of hydrogen-bond donors (Lipinski definition) is 3. The number of aliphatic imine (C=N–C) groups is 1. The van der Waals surface area contributed by atoms with Crippen molar-refractivity contribution < 1.29 is 0 Å². The predicted octanol–water partition coefficient (Wildman–Crippen LogP) is 2.50. The van der Waals surface area contributed by atoms with Gasteiger partial charge in [0.15, 0.2) is 5.96 Å². The zero-order valence-electron chi connectivity index (χ0n) is 18.6. The highest BCUT2D eigenvalue weighted by molar-refractivity contribution is 14.0. The van der Waals surface area contributed by atoms with Gasteiger partial charge in [-0.25, -0.2) is 9.97 Å².